The number of hydrogen-bond acceptors (Lipinski definition) is 1. The van der Waals surface area contributed by atoms with Crippen molar-refractivity contribution in [3.63, 3.8) is 0 Å². The van der Waals surface area contributed by atoms with E-state index in [-0.39, 0.29) is 0 Å². The molecule has 1 saturated heterocycles. The molecule has 0 unspecified atom stereocenters. The molecule has 2 rings (SSSR count). The SMILES string of the molecule is Clc1cc(Br)cc([C@@H]2CCCNC2)c1. The second-order valence-corrected chi connectivity index (χ2v) is 5.10. The van der Waals surface area contributed by atoms with Gasteiger partial charge in [0.1, 0.15) is 0 Å². The lowest BCUT2D eigenvalue weighted by Gasteiger charge is -2.23. The Labute approximate surface area is 98.0 Å². The van der Waals surface area contributed by atoms with E-state index >= 15 is 0 Å². The summed E-state index contributed by atoms with van der Waals surface area (Å²) in [5, 5.41) is 4.23. The Kier molecular flexibility index (Phi) is 3.47. The van der Waals surface area contributed by atoms with Crippen LogP contribution in [-0.2, 0) is 0 Å². The Morgan fingerprint density at radius 3 is 2.86 bits per heavy atom. The summed E-state index contributed by atoms with van der Waals surface area (Å²) in [6.45, 7) is 2.23. The topological polar surface area (TPSA) is 12.0 Å². The van der Waals surface area contributed by atoms with E-state index in [1.54, 1.807) is 0 Å². The zero-order chi connectivity index (χ0) is 9.97. The molecular formula is C11H13BrClN. The highest BCUT2D eigenvalue weighted by Crippen LogP contribution is 2.28. The molecule has 1 aromatic carbocycles. The molecule has 1 N–H and O–H groups in total. The molecule has 1 aliphatic heterocycles. The van der Waals surface area contributed by atoms with Crippen LogP contribution in [0.1, 0.15) is 24.3 Å². The summed E-state index contributed by atoms with van der Waals surface area (Å²) in [7, 11) is 0. The fraction of sp³-hybridized carbons (Fsp3) is 0.455. The minimum Gasteiger partial charge on any atom is -0.316 e. The molecule has 0 aromatic heterocycles. The molecule has 0 amide bonds. The first-order valence-electron chi connectivity index (χ1n) is 4.92. The minimum atomic E-state index is 0.624. The van der Waals surface area contributed by atoms with Gasteiger partial charge in [-0.15, -0.1) is 0 Å². The lowest BCUT2D eigenvalue weighted by molar-refractivity contribution is 0.461. The van der Waals surface area contributed by atoms with E-state index in [0.29, 0.717) is 5.92 Å². The molecule has 0 aliphatic carbocycles. The quantitative estimate of drug-likeness (QED) is 0.825. The lowest BCUT2D eigenvalue weighted by atomic mass is 9.92. The third-order valence-corrected chi connectivity index (χ3v) is 3.33. The second-order valence-electron chi connectivity index (χ2n) is 3.75. The van der Waals surface area contributed by atoms with Crippen LogP contribution >= 0.6 is 27.5 Å². The van der Waals surface area contributed by atoms with E-state index in [0.717, 1.165) is 22.6 Å². The van der Waals surface area contributed by atoms with Gasteiger partial charge in [0.25, 0.3) is 0 Å². The van der Waals surface area contributed by atoms with Gasteiger partial charge in [-0.3, -0.25) is 0 Å². The number of benzene rings is 1. The summed E-state index contributed by atoms with van der Waals surface area (Å²) >= 11 is 9.49. The Balaban J connectivity index is 2.21. The van der Waals surface area contributed by atoms with Crippen LogP contribution in [0.25, 0.3) is 0 Å². The lowest BCUT2D eigenvalue weighted by Crippen LogP contribution is -2.28. The molecule has 14 heavy (non-hydrogen) atoms. The number of nitrogens with one attached hydrogen (secondary N) is 1. The maximum atomic E-state index is 6.02. The molecule has 0 spiro atoms. The van der Waals surface area contributed by atoms with Crippen LogP contribution in [0.15, 0.2) is 22.7 Å². The van der Waals surface area contributed by atoms with Gasteiger partial charge in [0.2, 0.25) is 0 Å². The van der Waals surface area contributed by atoms with E-state index < -0.39 is 0 Å². The number of halogens is 2. The summed E-state index contributed by atoms with van der Waals surface area (Å²) in [5.74, 6) is 0.624. The van der Waals surface area contributed by atoms with E-state index in [2.05, 4.69) is 33.4 Å². The zero-order valence-corrected chi connectivity index (χ0v) is 10.2. The standard InChI is InChI=1S/C11H13BrClN/c12-10-4-9(5-11(13)6-10)8-2-1-3-14-7-8/h4-6,8,14H,1-3,7H2/t8-/m1/s1. The van der Waals surface area contributed by atoms with Crippen LogP contribution in [0.4, 0.5) is 0 Å². The fourth-order valence-corrected chi connectivity index (χ4v) is 2.83. The molecule has 0 bridgehead atoms. The summed E-state index contributed by atoms with van der Waals surface area (Å²) in [6.07, 6.45) is 2.52. The zero-order valence-electron chi connectivity index (χ0n) is 7.89. The monoisotopic (exact) mass is 273 g/mol. The molecule has 0 saturated carbocycles. The van der Waals surface area contributed by atoms with Gasteiger partial charge in [0.05, 0.1) is 0 Å². The highest BCUT2D eigenvalue weighted by molar-refractivity contribution is 9.10. The average molecular weight is 275 g/mol. The summed E-state index contributed by atoms with van der Waals surface area (Å²) < 4.78 is 1.07. The highest BCUT2D eigenvalue weighted by atomic mass is 79.9. The van der Waals surface area contributed by atoms with E-state index in [1.165, 1.54) is 18.4 Å². The van der Waals surface area contributed by atoms with Crippen LogP contribution in [0.2, 0.25) is 5.02 Å². The maximum Gasteiger partial charge on any atom is 0.0420 e. The van der Waals surface area contributed by atoms with Crippen LogP contribution in [0.3, 0.4) is 0 Å². The molecule has 3 heteroatoms. The van der Waals surface area contributed by atoms with Crippen molar-refractivity contribution in [2.75, 3.05) is 13.1 Å². The van der Waals surface area contributed by atoms with Crippen molar-refractivity contribution in [2.24, 2.45) is 0 Å². The van der Waals surface area contributed by atoms with Crippen LogP contribution in [-0.4, -0.2) is 13.1 Å². The van der Waals surface area contributed by atoms with Crippen molar-refractivity contribution in [2.45, 2.75) is 18.8 Å². The normalized spacial score (nSPS) is 22.3. The fourth-order valence-electron chi connectivity index (χ4n) is 1.95. The summed E-state index contributed by atoms with van der Waals surface area (Å²) in [6, 6.07) is 6.18. The Morgan fingerprint density at radius 1 is 1.36 bits per heavy atom. The molecule has 1 fully saturated rings. The first kappa shape index (κ1) is 10.5. The van der Waals surface area contributed by atoms with Gasteiger partial charge < -0.3 is 5.32 Å². The smallest absolute Gasteiger partial charge is 0.0420 e. The molecular weight excluding hydrogens is 261 g/mol. The maximum absolute atomic E-state index is 6.02. The summed E-state index contributed by atoms with van der Waals surface area (Å²) in [5.41, 5.74) is 1.34. The third-order valence-electron chi connectivity index (χ3n) is 2.65. The van der Waals surface area contributed by atoms with Crippen molar-refractivity contribution < 1.29 is 0 Å². The van der Waals surface area contributed by atoms with Gasteiger partial charge in [0, 0.05) is 16.0 Å². The Bertz CT molecular complexity index is 301. The Hall–Kier alpha value is -0.0500. The first-order chi connectivity index (χ1) is 6.75. The van der Waals surface area contributed by atoms with Gasteiger partial charge in [-0.25, -0.2) is 0 Å². The average Bonchev–Trinajstić information content (AvgIpc) is 2.18. The molecule has 0 radical (unpaired) electrons. The highest BCUT2D eigenvalue weighted by Gasteiger charge is 2.15. The van der Waals surface area contributed by atoms with Gasteiger partial charge in [-0.2, -0.15) is 0 Å². The predicted molar refractivity (Wildman–Crippen MR) is 64.0 cm³/mol. The van der Waals surface area contributed by atoms with Crippen molar-refractivity contribution in [1.82, 2.24) is 5.32 Å². The van der Waals surface area contributed by atoms with Crippen LogP contribution in [0, 0.1) is 0 Å². The molecule has 1 heterocycles. The number of hydrogen-bond donors (Lipinski definition) is 1. The van der Waals surface area contributed by atoms with Gasteiger partial charge in [-0.1, -0.05) is 27.5 Å². The Morgan fingerprint density at radius 2 is 2.21 bits per heavy atom. The molecule has 1 aliphatic rings. The van der Waals surface area contributed by atoms with Gasteiger partial charge in [0.15, 0.2) is 0 Å². The molecule has 1 nitrogen and oxygen atoms in total. The van der Waals surface area contributed by atoms with Crippen molar-refractivity contribution in [3.05, 3.63) is 33.3 Å². The van der Waals surface area contributed by atoms with Crippen molar-refractivity contribution >= 4 is 27.5 Å². The summed E-state index contributed by atoms with van der Waals surface area (Å²) in [4.78, 5) is 0. The molecule has 1 aromatic rings. The van der Waals surface area contributed by atoms with Gasteiger partial charge >= 0.3 is 0 Å². The molecule has 1 atom stereocenters. The van der Waals surface area contributed by atoms with E-state index in [4.69, 9.17) is 11.6 Å². The first-order valence-corrected chi connectivity index (χ1v) is 6.09. The minimum absolute atomic E-state index is 0.624. The largest absolute Gasteiger partial charge is 0.316 e. The van der Waals surface area contributed by atoms with Crippen molar-refractivity contribution in [1.29, 1.82) is 0 Å². The van der Waals surface area contributed by atoms with Crippen LogP contribution < -0.4 is 5.32 Å². The third kappa shape index (κ3) is 2.50. The van der Waals surface area contributed by atoms with E-state index in [1.807, 2.05) is 6.07 Å². The predicted octanol–water partition coefficient (Wildman–Crippen LogP) is 3.57. The van der Waals surface area contributed by atoms with E-state index in [9.17, 15) is 0 Å². The number of rotatable bonds is 1. The molecule has 76 valence electrons. The van der Waals surface area contributed by atoms with Crippen molar-refractivity contribution in [3.8, 4) is 0 Å². The van der Waals surface area contributed by atoms with Gasteiger partial charge in [-0.05, 0) is 49.1 Å². The van der Waals surface area contributed by atoms with Crippen LogP contribution in [0.5, 0.6) is 0 Å². The number of piperidine rings is 1. The second kappa shape index (κ2) is 4.65.